The summed E-state index contributed by atoms with van der Waals surface area (Å²) < 4.78 is 12.9. The maximum absolute atomic E-state index is 12.9. The number of amides is 1. The molecule has 1 saturated heterocycles. The van der Waals surface area contributed by atoms with Crippen LogP contribution in [0.15, 0.2) is 30.5 Å². The monoisotopic (exact) mass is 325 g/mol. The van der Waals surface area contributed by atoms with E-state index in [1.54, 1.807) is 17.0 Å². The van der Waals surface area contributed by atoms with Gasteiger partial charge in [-0.2, -0.15) is 9.90 Å². The van der Waals surface area contributed by atoms with Gasteiger partial charge in [-0.25, -0.2) is 4.39 Å². The van der Waals surface area contributed by atoms with E-state index in [1.807, 2.05) is 6.92 Å². The summed E-state index contributed by atoms with van der Waals surface area (Å²) in [6, 6.07) is 5.92. The average molecular weight is 326 g/mol. The van der Waals surface area contributed by atoms with Gasteiger partial charge in [0.05, 0.1) is 11.9 Å². The van der Waals surface area contributed by atoms with E-state index in [-0.39, 0.29) is 30.2 Å². The zero-order chi connectivity index (χ0) is 14.8. The molecule has 0 unspecified atom stereocenters. The Morgan fingerprint density at radius 2 is 2.09 bits per heavy atom. The predicted octanol–water partition coefficient (Wildman–Crippen LogP) is 1.26. The zero-order valence-electron chi connectivity index (χ0n) is 12.1. The number of benzene rings is 1. The third-order valence-corrected chi connectivity index (χ3v) is 3.53. The lowest BCUT2D eigenvalue weighted by Crippen LogP contribution is -2.52. The van der Waals surface area contributed by atoms with Gasteiger partial charge in [0.25, 0.3) is 5.91 Å². The Balaban J connectivity index is 0.00000176. The van der Waals surface area contributed by atoms with Crippen LogP contribution in [0.1, 0.15) is 17.4 Å². The molecule has 1 aliphatic heterocycles. The van der Waals surface area contributed by atoms with Crippen molar-refractivity contribution in [1.82, 2.24) is 25.2 Å². The molecule has 3 rings (SSSR count). The Hall–Kier alpha value is -1.99. The smallest absolute Gasteiger partial charge is 0.276 e. The summed E-state index contributed by atoms with van der Waals surface area (Å²) in [6.45, 7) is 4.21. The van der Waals surface area contributed by atoms with Crippen molar-refractivity contribution in [2.45, 2.75) is 13.0 Å². The topological polar surface area (TPSA) is 63.1 Å². The summed E-state index contributed by atoms with van der Waals surface area (Å²) >= 11 is 0. The van der Waals surface area contributed by atoms with Crippen molar-refractivity contribution in [3.05, 3.63) is 42.0 Å². The van der Waals surface area contributed by atoms with Crippen LogP contribution in [-0.4, -0.2) is 51.5 Å². The number of nitrogens with zero attached hydrogens (tertiary/aromatic N) is 4. The van der Waals surface area contributed by atoms with E-state index in [4.69, 9.17) is 0 Å². The van der Waals surface area contributed by atoms with Crippen molar-refractivity contribution in [3.8, 4) is 5.69 Å². The fraction of sp³-hybridized carbons (Fsp3) is 0.357. The second-order valence-corrected chi connectivity index (χ2v) is 5.05. The van der Waals surface area contributed by atoms with Gasteiger partial charge in [0, 0.05) is 25.7 Å². The van der Waals surface area contributed by atoms with Gasteiger partial charge in [0.15, 0.2) is 5.69 Å². The quantitative estimate of drug-likeness (QED) is 0.903. The van der Waals surface area contributed by atoms with Crippen LogP contribution >= 0.6 is 12.4 Å². The minimum atomic E-state index is -0.322. The molecule has 2 aromatic rings. The van der Waals surface area contributed by atoms with E-state index in [2.05, 4.69) is 15.5 Å². The average Bonchev–Trinajstić information content (AvgIpc) is 2.98. The highest BCUT2D eigenvalue weighted by Gasteiger charge is 2.26. The maximum atomic E-state index is 12.9. The van der Waals surface area contributed by atoms with Gasteiger partial charge in [-0.05, 0) is 31.2 Å². The molecule has 0 saturated carbocycles. The van der Waals surface area contributed by atoms with Crippen molar-refractivity contribution in [2.24, 2.45) is 0 Å². The van der Waals surface area contributed by atoms with E-state index in [1.165, 1.54) is 23.1 Å². The molecule has 1 fully saturated rings. The first-order valence-electron chi connectivity index (χ1n) is 6.85. The molecule has 0 radical (unpaired) electrons. The summed E-state index contributed by atoms with van der Waals surface area (Å²) in [4.78, 5) is 15.6. The number of piperazine rings is 1. The Morgan fingerprint density at radius 1 is 1.36 bits per heavy atom. The minimum absolute atomic E-state index is 0. The van der Waals surface area contributed by atoms with E-state index in [0.717, 1.165) is 13.1 Å². The number of hydrogen-bond donors (Lipinski definition) is 1. The highest BCUT2D eigenvalue weighted by atomic mass is 35.5. The van der Waals surface area contributed by atoms with Gasteiger partial charge in [0.1, 0.15) is 5.82 Å². The normalized spacial score (nSPS) is 17.9. The third kappa shape index (κ3) is 3.26. The van der Waals surface area contributed by atoms with Crippen LogP contribution in [0, 0.1) is 5.82 Å². The molecule has 1 N–H and O–H groups in total. The fourth-order valence-corrected chi connectivity index (χ4v) is 2.35. The highest BCUT2D eigenvalue weighted by molar-refractivity contribution is 5.92. The lowest BCUT2D eigenvalue weighted by atomic mass is 10.2. The first-order valence-corrected chi connectivity index (χ1v) is 6.85. The lowest BCUT2D eigenvalue weighted by Gasteiger charge is -2.33. The Bertz CT molecular complexity index is 645. The SMILES string of the molecule is C[C@H]1CNCCN1C(=O)c1cnn(-c2ccc(F)cc2)n1.Cl. The molecule has 0 spiro atoms. The summed E-state index contributed by atoms with van der Waals surface area (Å²) in [7, 11) is 0. The van der Waals surface area contributed by atoms with Gasteiger partial charge >= 0.3 is 0 Å². The van der Waals surface area contributed by atoms with Crippen LogP contribution in [0.2, 0.25) is 0 Å². The van der Waals surface area contributed by atoms with E-state index in [0.29, 0.717) is 17.9 Å². The molecular weight excluding hydrogens is 309 g/mol. The van der Waals surface area contributed by atoms with Crippen LogP contribution in [0.4, 0.5) is 4.39 Å². The minimum Gasteiger partial charge on any atom is -0.332 e. The number of halogens is 2. The van der Waals surface area contributed by atoms with E-state index < -0.39 is 0 Å². The first kappa shape index (κ1) is 16.4. The van der Waals surface area contributed by atoms with Gasteiger partial charge in [-0.3, -0.25) is 4.79 Å². The van der Waals surface area contributed by atoms with Crippen molar-refractivity contribution in [1.29, 1.82) is 0 Å². The van der Waals surface area contributed by atoms with Gasteiger partial charge in [0.2, 0.25) is 0 Å². The third-order valence-electron chi connectivity index (χ3n) is 3.53. The van der Waals surface area contributed by atoms with E-state index >= 15 is 0 Å². The summed E-state index contributed by atoms with van der Waals surface area (Å²) in [5, 5.41) is 11.5. The number of hydrogen-bond acceptors (Lipinski definition) is 4. The molecule has 1 aliphatic rings. The number of carbonyl (C=O) groups excluding carboxylic acids is 1. The van der Waals surface area contributed by atoms with Gasteiger partial charge < -0.3 is 10.2 Å². The second kappa shape index (κ2) is 6.85. The molecular formula is C14H17ClFN5O. The molecule has 118 valence electrons. The summed E-state index contributed by atoms with van der Waals surface area (Å²) in [5.74, 6) is -0.450. The number of rotatable bonds is 2. The molecule has 0 aliphatic carbocycles. The van der Waals surface area contributed by atoms with Crippen molar-refractivity contribution < 1.29 is 9.18 Å². The molecule has 1 aromatic carbocycles. The molecule has 22 heavy (non-hydrogen) atoms. The lowest BCUT2D eigenvalue weighted by molar-refractivity contribution is 0.0649. The first-order chi connectivity index (χ1) is 10.1. The van der Waals surface area contributed by atoms with Crippen molar-refractivity contribution >= 4 is 18.3 Å². The predicted molar refractivity (Wildman–Crippen MR) is 81.9 cm³/mol. The van der Waals surface area contributed by atoms with E-state index in [9.17, 15) is 9.18 Å². The number of carbonyl (C=O) groups is 1. The molecule has 1 atom stereocenters. The van der Waals surface area contributed by atoms with Gasteiger partial charge in [-0.1, -0.05) is 0 Å². The molecule has 1 amide bonds. The molecule has 6 nitrogen and oxygen atoms in total. The zero-order valence-corrected chi connectivity index (χ0v) is 12.9. The highest BCUT2D eigenvalue weighted by Crippen LogP contribution is 2.10. The van der Waals surface area contributed by atoms with Crippen LogP contribution in [0.5, 0.6) is 0 Å². The number of aromatic nitrogens is 3. The molecule has 1 aromatic heterocycles. The molecule has 8 heteroatoms. The van der Waals surface area contributed by atoms with Crippen molar-refractivity contribution in [3.63, 3.8) is 0 Å². The fourth-order valence-electron chi connectivity index (χ4n) is 2.35. The van der Waals surface area contributed by atoms with Crippen LogP contribution in [-0.2, 0) is 0 Å². The van der Waals surface area contributed by atoms with Gasteiger partial charge in [-0.15, -0.1) is 17.5 Å². The van der Waals surface area contributed by atoms with Crippen LogP contribution in [0.3, 0.4) is 0 Å². The summed E-state index contributed by atoms with van der Waals surface area (Å²) in [6.07, 6.45) is 1.44. The standard InChI is InChI=1S/C14H16FN5O.ClH/c1-10-8-16-6-7-19(10)14(21)13-9-17-20(18-13)12-4-2-11(15)3-5-12;/h2-5,9-10,16H,6-8H2,1H3;1H/t10-;/m0./s1. The maximum Gasteiger partial charge on any atom is 0.276 e. The largest absolute Gasteiger partial charge is 0.332 e. The van der Waals surface area contributed by atoms with Crippen LogP contribution < -0.4 is 5.32 Å². The Kier molecular flexibility index (Phi) is 5.10. The number of nitrogens with one attached hydrogen (secondary N) is 1. The second-order valence-electron chi connectivity index (χ2n) is 5.05. The van der Waals surface area contributed by atoms with Crippen molar-refractivity contribution in [2.75, 3.05) is 19.6 Å². The Morgan fingerprint density at radius 3 is 2.77 bits per heavy atom. The Labute approximate surface area is 133 Å². The van der Waals surface area contributed by atoms with Crippen LogP contribution in [0.25, 0.3) is 5.69 Å². The molecule has 2 heterocycles. The summed E-state index contributed by atoms with van der Waals surface area (Å²) in [5.41, 5.74) is 0.914. The molecule has 0 bridgehead atoms.